The Morgan fingerprint density at radius 1 is 1.17 bits per heavy atom. The molecule has 6 rings (SSSR count). The number of nitrogens with one attached hydrogen (secondary N) is 3. The number of amidine groups is 1. The molecule has 3 aromatic rings. The summed E-state index contributed by atoms with van der Waals surface area (Å²) in [5, 5.41) is 8.59. The average molecular weight is 550 g/mol. The van der Waals surface area contributed by atoms with Gasteiger partial charge in [0.05, 0.1) is 31.5 Å². The van der Waals surface area contributed by atoms with Gasteiger partial charge >= 0.3 is 6.03 Å². The van der Waals surface area contributed by atoms with Gasteiger partial charge in [-0.1, -0.05) is 34.1 Å². The molecule has 0 saturated carbocycles. The molecule has 2 amide bonds. The topological polar surface area (TPSA) is 104 Å². The van der Waals surface area contributed by atoms with Gasteiger partial charge in [0, 0.05) is 39.6 Å². The van der Waals surface area contributed by atoms with Gasteiger partial charge in [-0.15, -0.1) is 0 Å². The van der Waals surface area contributed by atoms with E-state index in [0.29, 0.717) is 48.0 Å². The number of para-hydroxylation sites is 1. The summed E-state index contributed by atoms with van der Waals surface area (Å²) in [4.78, 5) is 28.4. The molecule has 9 nitrogen and oxygen atoms in total. The minimum absolute atomic E-state index is 0.0528. The third kappa shape index (κ3) is 4.31. The van der Waals surface area contributed by atoms with Crippen molar-refractivity contribution in [3.05, 3.63) is 70.1 Å². The van der Waals surface area contributed by atoms with Crippen LogP contribution < -0.4 is 20.9 Å². The molecular formula is C25H21BrFN7O2. The number of urea groups is 1. The highest BCUT2D eigenvalue weighted by molar-refractivity contribution is 9.10. The number of aromatic nitrogens is 2. The number of aliphatic imine (C=N–C) groups is 1. The number of fused-ring (bicyclic) bond motifs is 3. The molecule has 0 atom stereocenters. The second kappa shape index (κ2) is 9.32. The van der Waals surface area contributed by atoms with Crippen LogP contribution in [0, 0.1) is 5.82 Å². The molecule has 11 heteroatoms. The summed E-state index contributed by atoms with van der Waals surface area (Å²) < 4.78 is 20.6. The van der Waals surface area contributed by atoms with Crippen molar-refractivity contribution in [2.45, 2.75) is 6.04 Å². The van der Waals surface area contributed by atoms with Crippen molar-refractivity contribution in [2.24, 2.45) is 4.99 Å². The van der Waals surface area contributed by atoms with Crippen LogP contribution in [0.5, 0.6) is 0 Å². The Kier molecular flexibility index (Phi) is 5.86. The van der Waals surface area contributed by atoms with Gasteiger partial charge in [0.15, 0.2) is 0 Å². The van der Waals surface area contributed by atoms with E-state index in [-0.39, 0.29) is 11.7 Å². The molecule has 1 aromatic heterocycles. The zero-order valence-electron chi connectivity index (χ0n) is 19.0. The fourth-order valence-electron chi connectivity index (χ4n) is 4.23. The van der Waals surface area contributed by atoms with E-state index >= 15 is 0 Å². The first-order valence-corrected chi connectivity index (χ1v) is 12.2. The summed E-state index contributed by atoms with van der Waals surface area (Å²) in [6.45, 7) is 2.56. The standard InChI is InChI=1S/C25H21BrFN7O2/c26-19-10-20(27)21(32-25(35)31-15-4-2-1-3-5-15)9-17(19)18-8-14-11-29-24(30-16-12-36-13-16)33-22(14)34-7-6-28-23(18)34/h1-5,8-11,16H,6-7,12-13H2,(H,29,30,33)(H2,31,32,35). The fourth-order valence-corrected chi connectivity index (χ4v) is 4.76. The Hall–Kier alpha value is -3.83. The van der Waals surface area contributed by atoms with Crippen LogP contribution in [0.1, 0.15) is 11.1 Å². The predicted molar refractivity (Wildman–Crippen MR) is 141 cm³/mol. The first-order chi connectivity index (χ1) is 17.5. The maximum atomic E-state index is 14.8. The van der Waals surface area contributed by atoms with Gasteiger partial charge in [-0.05, 0) is 30.3 Å². The molecule has 3 aliphatic heterocycles. The Morgan fingerprint density at radius 3 is 2.78 bits per heavy atom. The lowest BCUT2D eigenvalue weighted by Gasteiger charge is -2.30. The molecule has 0 unspecified atom stereocenters. The van der Waals surface area contributed by atoms with Crippen LogP contribution in [-0.4, -0.2) is 54.2 Å². The molecule has 0 spiro atoms. The zero-order chi connectivity index (χ0) is 24.6. The third-order valence-corrected chi connectivity index (χ3v) is 6.69. The maximum Gasteiger partial charge on any atom is 0.323 e. The molecule has 0 aliphatic carbocycles. The van der Waals surface area contributed by atoms with Crippen LogP contribution in [0.2, 0.25) is 0 Å². The Bertz CT molecular complexity index is 1410. The number of nitrogens with zero attached hydrogens (tertiary/aromatic N) is 4. The molecule has 1 saturated heterocycles. The van der Waals surface area contributed by atoms with Crippen molar-refractivity contribution >= 4 is 62.6 Å². The van der Waals surface area contributed by atoms with E-state index in [4.69, 9.17) is 14.7 Å². The van der Waals surface area contributed by atoms with Crippen LogP contribution in [0.3, 0.4) is 0 Å². The van der Waals surface area contributed by atoms with Crippen LogP contribution >= 0.6 is 15.9 Å². The van der Waals surface area contributed by atoms with E-state index in [0.717, 1.165) is 22.8 Å². The largest absolute Gasteiger partial charge is 0.377 e. The number of amides is 2. The molecule has 182 valence electrons. The zero-order valence-corrected chi connectivity index (χ0v) is 20.5. The van der Waals surface area contributed by atoms with Crippen molar-refractivity contribution in [2.75, 3.05) is 47.2 Å². The second-order valence-corrected chi connectivity index (χ2v) is 9.38. The summed E-state index contributed by atoms with van der Waals surface area (Å²) in [5.41, 5.74) is 2.96. The molecule has 0 radical (unpaired) electrons. The predicted octanol–water partition coefficient (Wildman–Crippen LogP) is 4.61. The number of hydrogen-bond donors (Lipinski definition) is 3. The normalized spacial score (nSPS) is 16.3. The average Bonchev–Trinajstić information content (AvgIpc) is 3.34. The van der Waals surface area contributed by atoms with Gasteiger partial charge in [0.25, 0.3) is 0 Å². The van der Waals surface area contributed by atoms with Crippen LogP contribution in [0.15, 0.2) is 58.1 Å². The molecule has 3 aliphatic rings. The smallest absolute Gasteiger partial charge is 0.323 e. The number of benzene rings is 2. The van der Waals surface area contributed by atoms with Crippen LogP contribution in [-0.2, 0) is 4.74 Å². The van der Waals surface area contributed by atoms with Gasteiger partial charge in [-0.2, -0.15) is 4.98 Å². The number of carbonyl (C=O) groups is 1. The molecule has 0 bridgehead atoms. The highest BCUT2D eigenvalue weighted by Gasteiger charge is 2.32. The lowest BCUT2D eigenvalue weighted by molar-refractivity contribution is 0.0208. The SMILES string of the molecule is O=C(Nc1ccccc1)Nc1cc(C2=Cc3cnc(NC4COC4)nc3N3CCN=C23)c(Br)cc1F. The molecule has 1 fully saturated rings. The molecular weight excluding hydrogens is 529 g/mol. The summed E-state index contributed by atoms with van der Waals surface area (Å²) in [6.07, 6.45) is 3.71. The van der Waals surface area contributed by atoms with E-state index < -0.39 is 11.8 Å². The minimum atomic E-state index is -0.560. The van der Waals surface area contributed by atoms with Gasteiger partial charge < -0.3 is 25.6 Å². The van der Waals surface area contributed by atoms with E-state index in [1.807, 2.05) is 17.0 Å². The van der Waals surface area contributed by atoms with Crippen molar-refractivity contribution < 1.29 is 13.9 Å². The summed E-state index contributed by atoms with van der Waals surface area (Å²) in [5.74, 6) is 1.50. The highest BCUT2D eigenvalue weighted by Crippen LogP contribution is 2.39. The Balaban J connectivity index is 1.32. The minimum Gasteiger partial charge on any atom is -0.377 e. The van der Waals surface area contributed by atoms with Crippen LogP contribution in [0.25, 0.3) is 11.6 Å². The number of anilines is 4. The summed E-state index contributed by atoms with van der Waals surface area (Å²) in [7, 11) is 0. The van der Waals surface area contributed by atoms with Crippen molar-refractivity contribution in [3.63, 3.8) is 0 Å². The van der Waals surface area contributed by atoms with E-state index in [1.165, 1.54) is 6.07 Å². The van der Waals surface area contributed by atoms with Gasteiger partial charge in [0.2, 0.25) is 5.95 Å². The summed E-state index contributed by atoms with van der Waals surface area (Å²) in [6, 6.07) is 11.6. The quantitative estimate of drug-likeness (QED) is 0.429. The molecule has 2 aromatic carbocycles. The van der Waals surface area contributed by atoms with Gasteiger partial charge in [-0.25, -0.2) is 14.2 Å². The van der Waals surface area contributed by atoms with E-state index in [2.05, 4.69) is 36.9 Å². The van der Waals surface area contributed by atoms with E-state index in [9.17, 15) is 9.18 Å². The second-order valence-electron chi connectivity index (χ2n) is 8.52. The van der Waals surface area contributed by atoms with Crippen LogP contribution in [0.4, 0.5) is 32.3 Å². The van der Waals surface area contributed by atoms with Crippen molar-refractivity contribution in [3.8, 4) is 0 Å². The maximum absolute atomic E-state index is 14.8. The third-order valence-electron chi connectivity index (χ3n) is 6.03. The number of carbonyl (C=O) groups excluding carboxylic acids is 1. The lowest BCUT2D eigenvalue weighted by Crippen LogP contribution is -2.41. The first-order valence-electron chi connectivity index (χ1n) is 11.4. The van der Waals surface area contributed by atoms with Crippen molar-refractivity contribution in [1.82, 2.24) is 9.97 Å². The number of hydrogen-bond acceptors (Lipinski definition) is 7. The molecule has 4 heterocycles. The Labute approximate surface area is 214 Å². The first kappa shape index (κ1) is 22.6. The summed E-state index contributed by atoms with van der Waals surface area (Å²) >= 11 is 3.49. The monoisotopic (exact) mass is 549 g/mol. The molecule has 36 heavy (non-hydrogen) atoms. The van der Waals surface area contributed by atoms with Gasteiger partial charge in [0.1, 0.15) is 17.5 Å². The molecule has 3 N–H and O–H groups in total. The highest BCUT2D eigenvalue weighted by atomic mass is 79.9. The van der Waals surface area contributed by atoms with E-state index in [1.54, 1.807) is 36.5 Å². The van der Waals surface area contributed by atoms with Gasteiger partial charge in [-0.3, -0.25) is 4.99 Å². The van der Waals surface area contributed by atoms with Crippen molar-refractivity contribution in [1.29, 1.82) is 0 Å². The fraction of sp³-hybridized carbons (Fsp3) is 0.200. The Morgan fingerprint density at radius 2 is 2.00 bits per heavy atom. The number of halogens is 2. The number of ether oxygens (including phenoxy) is 1. The lowest BCUT2D eigenvalue weighted by atomic mass is 9.98. The number of rotatable bonds is 5.